The van der Waals surface area contributed by atoms with Crippen molar-refractivity contribution >= 4 is 0 Å². The lowest BCUT2D eigenvalue weighted by molar-refractivity contribution is 0.243. The quantitative estimate of drug-likeness (QED) is 0.520. The zero-order valence-electron chi connectivity index (χ0n) is 5.72. The van der Waals surface area contributed by atoms with Gasteiger partial charge in [-0.15, -0.1) is 6.42 Å². The second-order valence-corrected chi connectivity index (χ2v) is 1.87. The minimum absolute atomic E-state index is 0.165. The first kappa shape index (κ1) is 8.48. The summed E-state index contributed by atoms with van der Waals surface area (Å²) in [4.78, 5) is 0. The molecule has 0 aromatic heterocycles. The van der Waals surface area contributed by atoms with Crippen LogP contribution in [0.2, 0.25) is 0 Å². The topological polar surface area (TPSA) is 32.3 Å². The molecule has 52 valence electrons. The van der Waals surface area contributed by atoms with Crippen LogP contribution in [0.15, 0.2) is 0 Å². The van der Waals surface area contributed by atoms with Crippen molar-refractivity contribution in [3.05, 3.63) is 0 Å². The number of rotatable bonds is 4. The van der Waals surface area contributed by atoms with E-state index in [1.165, 1.54) is 0 Å². The molecule has 2 heteroatoms. The van der Waals surface area contributed by atoms with Gasteiger partial charge in [-0.1, -0.05) is 12.8 Å². The summed E-state index contributed by atoms with van der Waals surface area (Å²) in [7, 11) is 0. The average Bonchev–Trinajstić information content (AvgIpc) is 1.91. The van der Waals surface area contributed by atoms with E-state index < -0.39 is 0 Å². The Hall–Kier alpha value is -0.520. The van der Waals surface area contributed by atoms with Crippen LogP contribution >= 0.6 is 0 Å². The Balaban J connectivity index is 3.22. The molecule has 0 aliphatic rings. The van der Waals surface area contributed by atoms with Crippen molar-refractivity contribution < 1.29 is 5.11 Å². The van der Waals surface area contributed by atoms with Gasteiger partial charge in [0.2, 0.25) is 0 Å². The van der Waals surface area contributed by atoms with Gasteiger partial charge in [0.05, 0.1) is 13.2 Å². The standard InChI is InChI=1S/C7H13NO/c1-3-5-8-7(4-2)6-9/h1,7-9H,4-6H2,2H3/t7-/m1/s1. The third-order valence-electron chi connectivity index (χ3n) is 1.21. The number of nitrogens with one attached hydrogen (secondary N) is 1. The van der Waals surface area contributed by atoms with Crippen LogP contribution in [-0.2, 0) is 0 Å². The van der Waals surface area contributed by atoms with Crippen molar-refractivity contribution in [1.82, 2.24) is 5.32 Å². The molecule has 0 fully saturated rings. The van der Waals surface area contributed by atoms with Crippen molar-refractivity contribution in [2.45, 2.75) is 19.4 Å². The Morgan fingerprint density at radius 1 is 1.78 bits per heavy atom. The lowest BCUT2D eigenvalue weighted by atomic mass is 10.2. The second kappa shape index (κ2) is 5.61. The van der Waals surface area contributed by atoms with Gasteiger partial charge in [-0.25, -0.2) is 0 Å². The molecule has 0 saturated carbocycles. The van der Waals surface area contributed by atoms with Crippen LogP contribution in [0, 0.1) is 12.3 Å². The van der Waals surface area contributed by atoms with E-state index in [2.05, 4.69) is 11.2 Å². The van der Waals surface area contributed by atoms with Gasteiger partial charge in [0.25, 0.3) is 0 Å². The first-order chi connectivity index (χ1) is 4.35. The number of hydrogen-bond acceptors (Lipinski definition) is 2. The van der Waals surface area contributed by atoms with Gasteiger partial charge >= 0.3 is 0 Å². The SMILES string of the molecule is C#CCN[C@H](CC)CO. The Kier molecular flexibility index (Phi) is 5.29. The zero-order chi connectivity index (χ0) is 7.11. The van der Waals surface area contributed by atoms with Crippen LogP contribution in [0.1, 0.15) is 13.3 Å². The van der Waals surface area contributed by atoms with E-state index in [0.29, 0.717) is 6.54 Å². The Morgan fingerprint density at radius 2 is 2.44 bits per heavy atom. The highest BCUT2D eigenvalue weighted by molar-refractivity contribution is 4.87. The molecule has 0 radical (unpaired) electrons. The van der Waals surface area contributed by atoms with E-state index in [-0.39, 0.29) is 12.6 Å². The van der Waals surface area contributed by atoms with Crippen LogP contribution in [-0.4, -0.2) is 24.3 Å². The summed E-state index contributed by atoms with van der Waals surface area (Å²) in [6.45, 7) is 2.71. The summed E-state index contributed by atoms with van der Waals surface area (Å²) in [6.07, 6.45) is 5.91. The molecule has 0 aromatic carbocycles. The van der Waals surface area contributed by atoms with Gasteiger partial charge in [0.1, 0.15) is 0 Å². The third kappa shape index (κ3) is 4.01. The van der Waals surface area contributed by atoms with Gasteiger partial charge in [-0.05, 0) is 6.42 Å². The maximum atomic E-state index is 8.62. The molecule has 2 nitrogen and oxygen atoms in total. The fraction of sp³-hybridized carbons (Fsp3) is 0.714. The first-order valence-electron chi connectivity index (χ1n) is 3.12. The Bertz CT molecular complexity index is 91.6. The van der Waals surface area contributed by atoms with Crippen LogP contribution in [0.4, 0.5) is 0 Å². The van der Waals surface area contributed by atoms with Gasteiger partial charge in [-0.2, -0.15) is 0 Å². The molecule has 0 rings (SSSR count). The number of terminal acetylenes is 1. The van der Waals surface area contributed by atoms with Gasteiger partial charge in [0, 0.05) is 6.04 Å². The molecule has 0 unspecified atom stereocenters. The smallest absolute Gasteiger partial charge is 0.0584 e. The van der Waals surface area contributed by atoms with E-state index in [0.717, 1.165) is 6.42 Å². The minimum Gasteiger partial charge on any atom is -0.395 e. The van der Waals surface area contributed by atoms with Crippen LogP contribution < -0.4 is 5.32 Å². The fourth-order valence-corrected chi connectivity index (χ4v) is 0.541. The predicted octanol–water partition coefficient (Wildman–Crippen LogP) is -0.0199. The first-order valence-corrected chi connectivity index (χ1v) is 3.12. The molecule has 0 saturated heterocycles. The largest absolute Gasteiger partial charge is 0.395 e. The highest BCUT2D eigenvalue weighted by Gasteiger charge is 1.99. The molecule has 0 aromatic rings. The van der Waals surface area contributed by atoms with Gasteiger partial charge < -0.3 is 10.4 Å². The monoisotopic (exact) mass is 127 g/mol. The van der Waals surface area contributed by atoms with E-state index >= 15 is 0 Å². The molecule has 0 spiro atoms. The summed E-state index contributed by atoms with van der Waals surface area (Å²) >= 11 is 0. The molecule has 0 bridgehead atoms. The fourth-order valence-electron chi connectivity index (χ4n) is 0.541. The number of hydrogen-bond donors (Lipinski definition) is 2. The molecule has 0 heterocycles. The van der Waals surface area contributed by atoms with Crippen molar-refractivity contribution in [3.63, 3.8) is 0 Å². The zero-order valence-corrected chi connectivity index (χ0v) is 5.72. The van der Waals surface area contributed by atoms with E-state index in [1.54, 1.807) is 0 Å². The van der Waals surface area contributed by atoms with Crippen molar-refractivity contribution in [2.24, 2.45) is 0 Å². The molecule has 2 N–H and O–H groups in total. The summed E-state index contributed by atoms with van der Waals surface area (Å²) < 4.78 is 0. The summed E-state index contributed by atoms with van der Waals surface area (Å²) in [6, 6.07) is 0.168. The third-order valence-corrected chi connectivity index (χ3v) is 1.21. The van der Waals surface area contributed by atoms with Crippen LogP contribution in [0.25, 0.3) is 0 Å². The Labute approximate surface area is 56.3 Å². The highest BCUT2D eigenvalue weighted by Crippen LogP contribution is 1.85. The lowest BCUT2D eigenvalue weighted by Crippen LogP contribution is -2.31. The average molecular weight is 127 g/mol. The minimum atomic E-state index is 0.165. The summed E-state index contributed by atoms with van der Waals surface area (Å²) in [5.74, 6) is 2.44. The number of aliphatic hydroxyl groups is 1. The predicted molar refractivity (Wildman–Crippen MR) is 38.0 cm³/mol. The van der Waals surface area contributed by atoms with Crippen LogP contribution in [0.5, 0.6) is 0 Å². The molecule has 1 atom stereocenters. The highest BCUT2D eigenvalue weighted by atomic mass is 16.3. The summed E-state index contributed by atoms with van der Waals surface area (Å²) in [5, 5.41) is 11.6. The second-order valence-electron chi connectivity index (χ2n) is 1.87. The molecular weight excluding hydrogens is 114 g/mol. The van der Waals surface area contributed by atoms with Crippen LogP contribution in [0.3, 0.4) is 0 Å². The van der Waals surface area contributed by atoms with Gasteiger partial charge in [0.15, 0.2) is 0 Å². The van der Waals surface area contributed by atoms with Crippen molar-refractivity contribution in [1.29, 1.82) is 0 Å². The normalized spacial score (nSPS) is 12.6. The van der Waals surface area contributed by atoms with E-state index in [4.69, 9.17) is 11.5 Å². The molecule has 0 aliphatic carbocycles. The van der Waals surface area contributed by atoms with E-state index in [9.17, 15) is 0 Å². The molecule has 0 aliphatic heterocycles. The van der Waals surface area contributed by atoms with Crippen molar-refractivity contribution in [2.75, 3.05) is 13.2 Å². The maximum absolute atomic E-state index is 8.62. The summed E-state index contributed by atoms with van der Waals surface area (Å²) in [5.41, 5.74) is 0. The molecule has 0 amide bonds. The molecule has 9 heavy (non-hydrogen) atoms. The van der Waals surface area contributed by atoms with Gasteiger partial charge in [-0.3, -0.25) is 0 Å². The molecular formula is C7H13NO. The maximum Gasteiger partial charge on any atom is 0.0584 e. The number of aliphatic hydroxyl groups excluding tert-OH is 1. The Morgan fingerprint density at radius 3 is 2.78 bits per heavy atom. The van der Waals surface area contributed by atoms with Crippen molar-refractivity contribution in [3.8, 4) is 12.3 Å². The lowest BCUT2D eigenvalue weighted by Gasteiger charge is -2.10. The van der Waals surface area contributed by atoms with E-state index in [1.807, 2.05) is 6.92 Å².